The topological polar surface area (TPSA) is 47.8 Å². The number of para-hydroxylation sites is 1. The quantitative estimate of drug-likeness (QED) is 0.695. The number of carbonyl (C=O) groups is 1. The molecule has 0 unspecified atom stereocenters. The van der Waals surface area contributed by atoms with E-state index in [-0.39, 0.29) is 12.2 Å². The van der Waals surface area contributed by atoms with Gasteiger partial charge in [-0.2, -0.15) is 5.10 Å². The van der Waals surface area contributed by atoms with E-state index in [1.54, 1.807) is 23.0 Å². The molecule has 0 spiro atoms. The molecule has 0 saturated heterocycles. The summed E-state index contributed by atoms with van der Waals surface area (Å²) in [6.45, 7) is 0. The van der Waals surface area contributed by atoms with Crippen molar-refractivity contribution in [3.63, 3.8) is 0 Å². The second-order valence-electron chi connectivity index (χ2n) is 4.52. The molecule has 4 nitrogen and oxygen atoms in total. The van der Waals surface area contributed by atoms with E-state index < -0.39 is 0 Å². The number of fused-ring (bicyclic) bond motifs is 1. The van der Waals surface area contributed by atoms with Crippen LogP contribution in [0, 0.1) is 0 Å². The van der Waals surface area contributed by atoms with Crippen molar-refractivity contribution in [3.05, 3.63) is 59.0 Å². The molecular weight excluding hydrogens is 274 g/mol. The summed E-state index contributed by atoms with van der Waals surface area (Å²) in [6.07, 6.45) is 1.76. The Morgan fingerprint density at radius 3 is 2.85 bits per heavy atom. The highest BCUT2D eigenvalue weighted by Crippen LogP contribution is 2.20. The van der Waals surface area contributed by atoms with Crippen molar-refractivity contribution in [1.29, 1.82) is 0 Å². The first-order valence-electron chi connectivity index (χ1n) is 6.21. The molecule has 3 aromatic rings. The van der Waals surface area contributed by atoms with E-state index >= 15 is 0 Å². The molecule has 0 amide bonds. The minimum atomic E-state index is -0.126. The minimum Gasteiger partial charge on any atom is -0.292 e. The number of ketones is 1. The number of benzene rings is 1. The van der Waals surface area contributed by atoms with Gasteiger partial charge in [0.15, 0.2) is 5.78 Å². The Kier molecular flexibility index (Phi) is 3.24. The largest absolute Gasteiger partial charge is 0.292 e. The number of Topliss-reactive ketones (excluding diaryl/α,β-unsaturated/α-hetero) is 1. The summed E-state index contributed by atoms with van der Waals surface area (Å²) in [7, 11) is 1.87. The monoisotopic (exact) mass is 285 g/mol. The van der Waals surface area contributed by atoms with Gasteiger partial charge in [0.25, 0.3) is 0 Å². The van der Waals surface area contributed by atoms with E-state index in [0.29, 0.717) is 10.7 Å². The van der Waals surface area contributed by atoms with Gasteiger partial charge in [0.05, 0.1) is 22.7 Å². The molecule has 20 heavy (non-hydrogen) atoms. The Balaban J connectivity index is 1.98. The van der Waals surface area contributed by atoms with E-state index in [2.05, 4.69) is 10.1 Å². The van der Waals surface area contributed by atoms with E-state index in [9.17, 15) is 4.79 Å². The van der Waals surface area contributed by atoms with Crippen LogP contribution in [-0.4, -0.2) is 20.5 Å². The molecule has 2 aromatic heterocycles. The molecule has 0 saturated carbocycles. The van der Waals surface area contributed by atoms with Crippen LogP contribution >= 0.6 is 11.6 Å². The molecule has 2 heterocycles. The van der Waals surface area contributed by atoms with Gasteiger partial charge in [-0.25, -0.2) is 0 Å². The fourth-order valence-corrected chi connectivity index (χ4v) is 2.47. The van der Waals surface area contributed by atoms with Crippen LogP contribution < -0.4 is 0 Å². The zero-order chi connectivity index (χ0) is 14.1. The van der Waals surface area contributed by atoms with Crippen LogP contribution in [0.25, 0.3) is 10.9 Å². The SMILES string of the molecule is Cn1nc(CC(=O)c2ncccc2Cl)c2ccccc21. The highest BCUT2D eigenvalue weighted by molar-refractivity contribution is 6.33. The molecule has 0 aliphatic carbocycles. The van der Waals surface area contributed by atoms with E-state index in [4.69, 9.17) is 11.6 Å². The van der Waals surface area contributed by atoms with Crippen molar-refractivity contribution in [2.45, 2.75) is 6.42 Å². The van der Waals surface area contributed by atoms with Gasteiger partial charge in [-0.1, -0.05) is 29.8 Å². The maximum Gasteiger partial charge on any atom is 0.188 e. The molecule has 3 rings (SSSR count). The molecule has 1 aromatic carbocycles. The summed E-state index contributed by atoms with van der Waals surface area (Å²) >= 11 is 6.00. The molecule has 0 aliphatic rings. The molecular formula is C15H12ClN3O. The van der Waals surface area contributed by atoms with Crippen molar-refractivity contribution in [3.8, 4) is 0 Å². The third-order valence-electron chi connectivity index (χ3n) is 3.18. The van der Waals surface area contributed by atoms with Crippen LogP contribution in [0.5, 0.6) is 0 Å². The first-order valence-corrected chi connectivity index (χ1v) is 6.59. The number of carbonyl (C=O) groups excluding carboxylic acids is 1. The van der Waals surface area contributed by atoms with Gasteiger partial charge < -0.3 is 0 Å². The molecule has 0 N–H and O–H groups in total. The fourth-order valence-electron chi connectivity index (χ4n) is 2.25. The summed E-state index contributed by atoms with van der Waals surface area (Å²) in [5, 5.41) is 5.76. The van der Waals surface area contributed by atoms with Gasteiger partial charge in [0.2, 0.25) is 0 Å². The number of aryl methyl sites for hydroxylation is 1. The Morgan fingerprint density at radius 2 is 2.05 bits per heavy atom. The Labute approximate surface area is 121 Å². The number of hydrogen-bond acceptors (Lipinski definition) is 3. The molecule has 100 valence electrons. The van der Waals surface area contributed by atoms with Gasteiger partial charge in [0, 0.05) is 18.6 Å². The van der Waals surface area contributed by atoms with Gasteiger partial charge in [0.1, 0.15) is 5.69 Å². The molecule has 0 bridgehead atoms. The van der Waals surface area contributed by atoms with Crippen LogP contribution in [0.15, 0.2) is 42.6 Å². The van der Waals surface area contributed by atoms with Crippen molar-refractivity contribution in [2.75, 3.05) is 0 Å². The number of pyridine rings is 1. The van der Waals surface area contributed by atoms with Gasteiger partial charge in [-0.15, -0.1) is 0 Å². The zero-order valence-corrected chi connectivity index (χ0v) is 11.6. The number of halogens is 1. The third kappa shape index (κ3) is 2.18. The minimum absolute atomic E-state index is 0.126. The average molecular weight is 286 g/mol. The fraction of sp³-hybridized carbons (Fsp3) is 0.133. The maximum atomic E-state index is 12.3. The summed E-state index contributed by atoms with van der Waals surface area (Å²) in [5.41, 5.74) is 2.04. The number of rotatable bonds is 3. The third-order valence-corrected chi connectivity index (χ3v) is 3.49. The summed E-state index contributed by atoms with van der Waals surface area (Å²) in [6, 6.07) is 11.2. The molecule has 0 atom stereocenters. The lowest BCUT2D eigenvalue weighted by Crippen LogP contribution is -2.07. The second-order valence-corrected chi connectivity index (χ2v) is 4.93. The van der Waals surface area contributed by atoms with Gasteiger partial charge in [-0.05, 0) is 18.2 Å². The molecule has 0 aliphatic heterocycles. The van der Waals surface area contributed by atoms with Crippen molar-refractivity contribution < 1.29 is 4.79 Å². The summed E-state index contributed by atoms with van der Waals surface area (Å²) in [4.78, 5) is 16.3. The smallest absolute Gasteiger partial charge is 0.188 e. The second kappa shape index (κ2) is 5.06. The van der Waals surface area contributed by atoms with Crippen molar-refractivity contribution >= 4 is 28.3 Å². The zero-order valence-electron chi connectivity index (χ0n) is 10.9. The van der Waals surface area contributed by atoms with E-state index in [1.807, 2.05) is 31.3 Å². The lowest BCUT2D eigenvalue weighted by atomic mass is 10.1. The lowest BCUT2D eigenvalue weighted by molar-refractivity contribution is 0.0987. The maximum absolute atomic E-state index is 12.3. The van der Waals surface area contributed by atoms with E-state index in [1.165, 1.54) is 0 Å². The normalized spacial score (nSPS) is 10.9. The standard InChI is InChI=1S/C15H12ClN3O/c1-19-13-7-3-2-5-10(13)12(18-19)9-14(20)15-11(16)6-4-8-17-15/h2-8H,9H2,1H3. The number of hydrogen-bond donors (Lipinski definition) is 0. The number of aromatic nitrogens is 3. The molecule has 0 radical (unpaired) electrons. The predicted octanol–water partition coefficient (Wildman–Crippen LogP) is 3.05. The van der Waals surface area contributed by atoms with Gasteiger partial charge >= 0.3 is 0 Å². The van der Waals surface area contributed by atoms with Crippen LogP contribution in [-0.2, 0) is 13.5 Å². The Morgan fingerprint density at radius 1 is 1.25 bits per heavy atom. The average Bonchev–Trinajstić information content (AvgIpc) is 2.76. The lowest BCUT2D eigenvalue weighted by Gasteiger charge is -2.00. The Bertz CT molecular complexity index is 795. The highest BCUT2D eigenvalue weighted by Gasteiger charge is 2.16. The van der Waals surface area contributed by atoms with Crippen molar-refractivity contribution in [2.24, 2.45) is 7.05 Å². The summed E-state index contributed by atoms with van der Waals surface area (Å²) in [5.74, 6) is -0.126. The summed E-state index contributed by atoms with van der Waals surface area (Å²) < 4.78 is 1.78. The first kappa shape index (κ1) is 12.8. The highest BCUT2D eigenvalue weighted by atomic mass is 35.5. The molecule has 0 fully saturated rings. The Hall–Kier alpha value is -2.20. The first-order chi connectivity index (χ1) is 9.66. The van der Waals surface area contributed by atoms with Crippen LogP contribution in [0.4, 0.5) is 0 Å². The van der Waals surface area contributed by atoms with Crippen LogP contribution in [0.1, 0.15) is 16.2 Å². The van der Waals surface area contributed by atoms with Crippen molar-refractivity contribution in [1.82, 2.24) is 14.8 Å². The number of nitrogens with zero attached hydrogens (tertiary/aromatic N) is 3. The predicted molar refractivity (Wildman–Crippen MR) is 78.0 cm³/mol. The van der Waals surface area contributed by atoms with Gasteiger partial charge in [-0.3, -0.25) is 14.5 Å². The molecule has 5 heteroatoms. The van der Waals surface area contributed by atoms with Crippen LogP contribution in [0.3, 0.4) is 0 Å². The van der Waals surface area contributed by atoms with Crippen LogP contribution in [0.2, 0.25) is 5.02 Å². The van der Waals surface area contributed by atoms with E-state index in [0.717, 1.165) is 16.6 Å².